The number of fused-ring (bicyclic) bond motifs is 1. The van der Waals surface area contributed by atoms with Gasteiger partial charge in [0.05, 0.1) is 18.1 Å². The van der Waals surface area contributed by atoms with E-state index in [4.69, 9.17) is 28.1 Å². The normalized spacial score (nSPS) is 20.7. The minimum Gasteiger partial charge on any atom is -0.505 e. The van der Waals surface area contributed by atoms with Crippen LogP contribution in [0.5, 0.6) is 23.0 Å². The van der Waals surface area contributed by atoms with Gasteiger partial charge in [-0.3, -0.25) is 4.79 Å². The Labute approximate surface area is 262 Å². The Morgan fingerprint density at radius 3 is 2.43 bits per heavy atom. The van der Waals surface area contributed by atoms with E-state index in [0.717, 1.165) is 5.69 Å². The lowest BCUT2D eigenvalue weighted by molar-refractivity contribution is -0.305. The Kier molecular flexibility index (Phi) is 8.71. The molecule has 0 aliphatic carbocycles. The number of ether oxygens (including phenoxy) is 5. The summed E-state index contributed by atoms with van der Waals surface area (Å²) < 4.78 is 33.8. The van der Waals surface area contributed by atoms with Crippen LogP contribution in [0.15, 0.2) is 51.7 Å². The number of aromatic nitrogens is 1. The number of amides is 1. The van der Waals surface area contributed by atoms with Gasteiger partial charge in [0.2, 0.25) is 6.29 Å². The average molecular weight is 639 g/mol. The number of aromatic hydroxyl groups is 2. The third-order valence-corrected chi connectivity index (χ3v) is 7.64. The highest BCUT2D eigenvalue weighted by Gasteiger charge is 2.53. The maximum absolute atomic E-state index is 12.9. The van der Waals surface area contributed by atoms with Crippen LogP contribution >= 0.6 is 0 Å². The molecule has 4 aromatic rings. The van der Waals surface area contributed by atoms with Crippen LogP contribution in [-0.2, 0) is 14.2 Å². The minimum atomic E-state index is -1.52. The molecule has 46 heavy (non-hydrogen) atoms. The Morgan fingerprint density at radius 2 is 1.78 bits per heavy atom. The third kappa shape index (κ3) is 6.09. The Hall–Kier alpha value is -5.05. The molecule has 5 N–H and O–H groups in total. The Bertz CT molecular complexity index is 1860. The summed E-state index contributed by atoms with van der Waals surface area (Å²) in [6.45, 7) is 6.76. The van der Waals surface area contributed by atoms with Crippen LogP contribution in [0.3, 0.4) is 0 Å². The summed E-state index contributed by atoms with van der Waals surface area (Å²) in [5, 5.41) is 34.6. The number of benzene rings is 2. The van der Waals surface area contributed by atoms with Gasteiger partial charge < -0.3 is 53.7 Å². The number of aromatic amines is 1. The molecular formula is C32H34N2O12. The number of esters is 1. The fourth-order valence-corrected chi connectivity index (χ4v) is 5.36. The molecule has 5 rings (SSSR count). The van der Waals surface area contributed by atoms with E-state index in [-0.39, 0.29) is 39.5 Å². The predicted molar refractivity (Wildman–Crippen MR) is 163 cm³/mol. The van der Waals surface area contributed by atoms with Crippen molar-refractivity contribution in [2.24, 2.45) is 0 Å². The second kappa shape index (κ2) is 12.4. The van der Waals surface area contributed by atoms with E-state index in [9.17, 15) is 29.7 Å². The maximum Gasteiger partial charge on any atom is 0.364 e. The maximum atomic E-state index is 12.9. The average Bonchev–Trinajstić information content (AvgIpc) is 3.44. The fraction of sp³-hybridized carbons (Fsp3) is 0.344. The molecule has 2 aromatic carbocycles. The smallest absolute Gasteiger partial charge is 0.364 e. The van der Waals surface area contributed by atoms with Gasteiger partial charge in [0, 0.05) is 18.4 Å². The van der Waals surface area contributed by atoms with E-state index in [2.05, 4.69) is 10.3 Å². The van der Waals surface area contributed by atoms with Crippen molar-refractivity contribution < 1.29 is 53.0 Å². The number of carbonyl (C=O) groups is 2. The van der Waals surface area contributed by atoms with Crippen LogP contribution in [0.25, 0.3) is 11.0 Å². The molecular weight excluding hydrogens is 604 g/mol. The largest absolute Gasteiger partial charge is 0.505 e. The molecule has 0 spiro atoms. The van der Waals surface area contributed by atoms with Gasteiger partial charge in [-0.2, -0.15) is 0 Å². The van der Waals surface area contributed by atoms with Gasteiger partial charge in [0.15, 0.2) is 35.1 Å². The summed E-state index contributed by atoms with van der Waals surface area (Å²) in [4.78, 5) is 41.5. The van der Waals surface area contributed by atoms with Crippen molar-refractivity contribution in [2.45, 2.75) is 57.9 Å². The standard InChI is InChI=1S/C32H34N2O12/c1-14-11-17(43-31-24(37)26(27(42-6)32(3,4)46-31)45-29(39)19-9-7-15(2)33-19)13-18-23(36)22(30(40)44-25(14)18)34-28(38)16-8-10-20(35)21(12-16)41-5/h7-13,24,26-27,31,33,35-37H,1-6H3,(H,34,38)/t24-,26-,27+,31-/m1/s1. The highest BCUT2D eigenvalue weighted by atomic mass is 16.7. The number of anilines is 1. The van der Waals surface area contributed by atoms with Crippen molar-refractivity contribution in [2.75, 3.05) is 19.5 Å². The minimum absolute atomic E-state index is 0.0117. The van der Waals surface area contributed by atoms with E-state index in [1.54, 1.807) is 39.8 Å². The highest BCUT2D eigenvalue weighted by Crippen LogP contribution is 2.38. The first-order valence-electron chi connectivity index (χ1n) is 14.1. The van der Waals surface area contributed by atoms with Crippen molar-refractivity contribution >= 4 is 28.5 Å². The van der Waals surface area contributed by atoms with Crippen LogP contribution in [0.4, 0.5) is 5.69 Å². The van der Waals surface area contributed by atoms with Crippen molar-refractivity contribution in [3.8, 4) is 23.0 Å². The number of hydrogen-bond acceptors (Lipinski definition) is 12. The van der Waals surface area contributed by atoms with E-state index >= 15 is 0 Å². The van der Waals surface area contributed by atoms with Gasteiger partial charge in [-0.25, -0.2) is 9.59 Å². The number of aryl methyl sites for hydroxylation is 2. The summed E-state index contributed by atoms with van der Waals surface area (Å²) in [6.07, 6.45) is -4.97. The van der Waals surface area contributed by atoms with E-state index in [1.165, 1.54) is 44.6 Å². The summed E-state index contributed by atoms with van der Waals surface area (Å²) in [5.41, 5.74) is -1.28. The summed E-state index contributed by atoms with van der Waals surface area (Å²) in [7, 11) is 2.72. The molecule has 1 aliphatic heterocycles. The van der Waals surface area contributed by atoms with Crippen LogP contribution < -0.4 is 20.4 Å². The van der Waals surface area contributed by atoms with Crippen LogP contribution in [0.2, 0.25) is 0 Å². The molecule has 0 radical (unpaired) electrons. The van der Waals surface area contributed by atoms with Crippen LogP contribution in [0, 0.1) is 13.8 Å². The van der Waals surface area contributed by atoms with E-state index in [1.807, 2.05) is 0 Å². The van der Waals surface area contributed by atoms with E-state index in [0.29, 0.717) is 5.56 Å². The molecule has 1 aliphatic rings. The molecule has 14 nitrogen and oxygen atoms in total. The monoisotopic (exact) mass is 638 g/mol. The number of hydrogen-bond donors (Lipinski definition) is 5. The molecule has 1 fully saturated rings. The summed E-state index contributed by atoms with van der Waals surface area (Å²) in [6, 6.07) is 9.92. The lowest BCUT2D eigenvalue weighted by atomic mass is 9.89. The molecule has 4 atom stereocenters. The number of carbonyl (C=O) groups excluding carboxylic acids is 2. The van der Waals surface area contributed by atoms with Crippen LogP contribution in [-0.4, -0.2) is 76.6 Å². The molecule has 0 bridgehead atoms. The third-order valence-electron chi connectivity index (χ3n) is 7.64. The first kappa shape index (κ1) is 32.3. The zero-order valence-electron chi connectivity index (χ0n) is 25.9. The number of rotatable bonds is 8. The second-order valence-electron chi connectivity index (χ2n) is 11.4. The molecule has 0 saturated carbocycles. The Morgan fingerprint density at radius 1 is 1.04 bits per heavy atom. The van der Waals surface area contributed by atoms with Crippen molar-refractivity contribution in [1.29, 1.82) is 0 Å². The lowest BCUT2D eigenvalue weighted by Gasteiger charge is -2.47. The first-order chi connectivity index (χ1) is 21.7. The van der Waals surface area contributed by atoms with Gasteiger partial charge in [0.1, 0.15) is 23.1 Å². The Balaban J connectivity index is 1.45. The molecule has 1 saturated heterocycles. The van der Waals surface area contributed by atoms with Gasteiger partial charge in [-0.1, -0.05) is 0 Å². The molecule has 0 unspecified atom stereocenters. The number of phenolic OH excluding ortho intramolecular Hbond substituents is 1. The summed E-state index contributed by atoms with van der Waals surface area (Å²) in [5.74, 6) is -2.16. The first-order valence-corrected chi connectivity index (χ1v) is 14.1. The van der Waals surface area contributed by atoms with Crippen LogP contribution in [0.1, 0.15) is 46.0 Å². The number of nitrogens with one attached hydrogen (secondary N) is 2. The number of aliphatic hydroxyl groups excluding tert-OH is 1. The zero-order valence-corrected chi connectivity index (χ0v) is 25.9. The van der Waals surface area contributed by atoms with Gasteiger partial charge in [-0.05, 0) is 75.7 Å². The predicted octanol–water partition coefficient (Wildman–Crippen LogP) is 3.53. The van der Waals surface area contributed by atoms with Gasteiger partial charge in [-0.15, -0.1) is 0 Å². The summed E-state index contributed by atoms with van der Waals surface area (Å²) >= 11 is 0. The van der Waals surface area contributed by atoms with Gasteiger partial charge in [0.25, 0.3) is 5.91 Å². The quantitative estimate of drug-likeness (QED) is 0.139. The molecule has 244 valence electrons. The number of H-pyrrole nitrogens is 1. The molecule has 2 aromatic heterocycles. The van der Waals surface area contributed by atoms with Crippen molar-refractivity contribution in [3.63, 3.8) is 0 Å². The van der Waals surface area contributed by atoms with Crippen molar-refractivity contribution in [3.05, 3.63) is 75.4 Å². The second-order valence-corrected chi connectivity index (χ2v) is 11.4. The SMILES string of the molecule is COc1cc(C(=O)Nc2c(O)c3cc(O[C@@H]4OC(C)(C)[C@@H](OC)[C@H](OC(=O)c5ccc(C)[nH]5)[C@H]4O)cc(C)c3oc2=O)ccc1O. The highest BCUT2D eigenvalue weighted by molar-refractivity contribution is 6.06. The fourth-order valence-electron chi connectivity index (χ4n) is 5.36. The number of methoxy groups -OCH3 is 2. The number of phenols is 1. The topological polar surface area (TPSA) is 199 Å². The molecule has 1 amide bonds. The zero-order chi connectivity index (χ0) is 33.5. The lowest BCUT2D eigenvalue weighted by Crippen LogP contribution is -2.65. The van der Waals surface area contributed by atoms with Crippen molar-refractivity contribution in [1.82, 2.24) is 4.98 Å². The number of aliphatic hydroxyl groups is 1. The van der Waals surface area contributed by atoms with E-state index < -0.39 is 59.1 Å². The molecule has 3 heterocycles. The molecule has 14 heteroatoms. The van der Waals surface area contributed by atoms with Gasteiger partial charge >= 0.3 is 11.6 Å².